The molecular weight excluding hydrogens is 246 g/mol. The van der Waals surface area contributed by atoms with Gasteiger partial charge in [0.2, 0.25) is 0 Å². The molecule has 1 heterocycles. The summed E-state index contributed by atoms with van der Waals surface area (Å²) in [5.41, 5.74) is 6.33. The molecule has 1 aromatic rings. The fourth-order valence-corrected chi connectivity index (χ4v) is 2.73. The SMILES string of the molecule is CC1=C(C)C(CO)(CO)C[C@H]1n1ccc(N)nc1=O. The molecule has 1 aliphatic rings. The standard InChI is InChI=1S/C13H19N3O3/c1-8-9(2)13(6-17,7-18)5-10(8)16-4-3-11(14)15-12(16)19/h3-4,10,17-18H,5-7H2,1-2H3,(H2,14,15,19)/t10-/m1/s1. The molecule has 0 unspecified atom stereocenters. The molecule has 4 N–H and O–H groups in total. The van der Waals surface area contributed by atoms with Crippen LogP contribution in [0.25, 0.3) is 0 Å². The van der Waals surface area contributed by atoms with Crippen molar-refractivity contribution in [1.82, 2.24) is 9.55 Å². The maximum absolute atomic E-state index is 11.9. The normalized spacial score (nSPS) is 22.0. The van der Waals surface area contributed by atoms with Crippen LogP contribution >= 0.6 is 0 Å². The molecule has 19 heavy (non-hydrogen) atoms. The fraction of sp³-hybridized carbons (Fsp3) is 0.538. The highest BCUT2D eigenvalue weighted by Crippen LogP contribution is 2.47. The van der Waals surface area contributed by atoms with E-state index in [2.05, 4.69) is 4.98 Å². The summed E-state index contributed by atoms with van der Waals surface area (Å²) in [5.74, 6) is 0.188. The minimum atomic E-state index is -0.657. The molecule has 6 heteroatoms. The van der Waals surface area contributed by atoms with E-state index in [1.54, 1.807) is 12.3 Å². The van der Waals surface area contributed by atoms with E-state index in [0.29, 0.717) is 6.42 Å². The van der Waals surface area contributed by atoms with Crippen LogP contribution in [-0.4, -0.2) is 33.0 Å². The highest BCUT2D eigenvalue weighted by atomic mass is 16.3. The Morgan fingerprint density at radius 1 is 1.47 bits per heavy atom. The Morgan fingerprint density at radius 2 is 2.11 bits per heavy atom. The van der Waals surface area contributed by atoms with Crippen LogP contribution in [0.2, 0.25) is 0 Å². The molecule has 0 aliphatic heterocycles. The van der Waals surface area contributed by atoms with Crippen molar-refractivity contribution in [3.8, 4) is 0 Å². The summed E-state index contributed by atoms with van der Waals surface area (Å²) in [7, 11) is 0. The van der Waals surface area contributed by atoms with E-state index >= 15 is 0 Å². The summed E-state index contributed by atoms with van der Waals surface area (Å²) in [6.07, 6.45) is 2.10. The van der Waals surface area contributed by atoms with Gasteiger partial charge in [0.15, 0.2) is 0 Å². The smallest absolute Gasteiger partial charge is 0.350 e. The molecule has 0 saturated heterocycles. The quantitative estimate of drug-likeness (QED) is 0.672. The summed E-state index contributed by atoms with van der Waals surface area (Å²) < 4.78 is 1.50. The average molecular weight is 265 g/mol. The molecule has 0 saturated carbocycles. The molecule has 0 aromatic carbocycles. The van der Waals surface area contributed by atoms with Crippen LogP contribution < -0.4 is 11.4 Å². The molecule has 0 fully saturated rings. The van der Waals surface area contributed by atoms with Crippen molar-refractivity contribution in [1.29, 1.82) is 0 Å². The number of aliphatic hydroxyl groups is 2. The predicted octanol–water partition coefficient (Wildman–Crippen LogP) is 0.0777. The van der Waals surface area contributed by atoms with Crippen molar-refractivity contribution in [3.05, 3.63) is 33.9 Å². The van der Waals surface area contributed by atoms with Crippen molar-refractivity contribution < 1.29 is 10.2 Å². The maximum atomic E-state index is 11.9. The number of nitrogens with zero attached hydrogens (tertiary/aromatic N) is 2. The van der Waals surface area contributed by atoms with Gasteiger partial charge < -0.3 is 15.9 Å². The van der Waals surface area contributed by atoms with E-state index < -0.39 is 11.1 Å². The first kappa shape index (κ1) is 13.8. The van der Waals surface area contributed by atoms with Crippen molar-refractivity contribution >= 4 is 5.82 Å². The molecule has 0 bridgehead atoms. The molecular formula is C13H19N3O3. The van der Waals surface area contributed by atoms with E-state index in [0.717, 1.165) is 11.1 Å². The van der Waals surface area contributed by atoms with E-state index in [4.69, 9.17) is 5.73 Å². The lowest BCUT2D eigenvalue weighted by Gasteiger charge is -2.27. The first-order chi connectivity index (χ1) is 8.95. The van der Waals surface area contributed by atoms with Crippen LogP contribution in [0.4, 0.5) is 5.82 Å². The number of aliphatic hydroxyl groups excluding tert-OH is 2. The van der Waals surface area contributed by atoms with Gasteiger partial charge in [0.05, 0.1) is 19.3 Å². The molecule has 0 amide bonds. The fourth-order valence-electron chi connectivity index (χ4n) is 2.73. The second-order valence-corrected chi connectivity index (χ2v) is 5.17. The maximum Gasteiger partial charge on any atom is 0.350 e. The third-order valence-electron chi connectivity index (χ3n) is 4.26. The summed E-state index contributed by atoms with van der Waals surface area (Å²) in [6.45, 7) is 3.52. The van der Waals surface area contributed by atoms with E-state index in [1.807, 2.05) is 13.8 Å². The van der Waals surface area contributed by atoms with Crippen LogP contribution in [0, 0.1) is 5.41 Å². The summed E-state index contributed by atoms with van der Waals surface area (Å²) >= 11 is 0. The summed E-state index contributed by atoms with van der Waals surface area (Å²) in [4.78, 5) is 15.6. The number of nitrogen functional groups attached to an aromatic ring is 1. The summed E-state index contributed by atoms with van der Waals surface area (Å²) in [5, 5.41) is 19.1. The van der Waals surface area contributed by atoms with Crippen molar-refractivity contribution in [2.45, 2.75) is 26.3 Å². The second kappa shape index (κ2) is 4.79. The Bertz CT molecular complexity index is 573. The Hall–Kier alpha value is -1.66. The van der Waals surface area contributed by atoms with E-state index in [-0.39, 0.29) is 25.1 Å². The van der Waals surface area contributed by atoms with Gasteiger partial charge in [-0.25, -0.2) is 4.79 Å². The first-order valence-corrected chi connectivity index (χ1v) is 6.19. The number of aromatic nitrogens is 2. The van der Waals surface area contributed by atoms with Crippen LogP contribution in [-0.2, 0) is 0 Å². The first-order valence-electron chi connectivity index (χ1n) is 6.19. The number of hydrogen-bond donors (Lipinski definition) is 3. The average Bonchev–Trinajstić information content (AvgIpc) is 2.64. The zero-order valence-corrected chi connectivity index (χ0v) is 11.1. The Labute approximate surface area is 111 Å². The Kier molecular flexibility index (Phi) is 3.47. The predicted molar refractivity (Wildman–Crippen MR) is 71.5 cm³/mol. The van der Waals surface area contributed by atoms with E-state index in [9.17, 15) is 15.0 Å². The van der Waals surface area contributed by atoms with Gasteiger partial charge in [-0.2, -0.15) is 4.98 Å². The number of anilines is 1. The van der Waals surface area contributed by atoms with Crippen LogP contribution in [0.1, 0.15) is 26.3 Å². The highest BCUT2D eigenvalue weighted by molar-refractivity contribution is 5.31. The number of rotatable bonds is 3. The highest BCUT2D eigenvalue weighted by Gasteiger charge is 2.42. The second-order valence-electron chi connectivity index (χ2n) is 5.17. The lowest BCUT2D eigenvalue weighted by molar-refractivity contribution is 0.0783. The zero-order valence-electron chi connectivity index (χ0n) is 11.1. The van der Waals surface area contributed by atoms with Gasteiger partial charge in [-0.05, 0) is 26.3 Å². The molecule has 1 atom stereocenters. The monoisotopic (exact) mass is 265 g/mol. The van der Waals surface area contributed by atoms with Gasteiger partial charge in [0, 0.05) is 11.6 Å². The van der Waals surface area contributed by atoms with Crippen molar-refractivity contribution in [3.63, 3.8) is 0 Å². The lowest BCUT2D eigenvalue weighted by Crippen LogP contribution is -2.32. The molecule has 0 radical (unpaired) electrons. The largest absolute Gasteiger partial charge is 0.395 e. The minimum Gasteiger partial charge on any atom is -0.395 e. The molecule has 0 spiro atoms. The van der Waals surface area contributed by atoms with Gasteiger partial charge in [-0.1, -0.05) is 11.1 Å². The lowest BCUT2D eigenvalue weighted by atomic mass is 9.83. The van der Waals surface area contributed by atoms with Crippen LogP contribution in [0.3, 0.4) is 0 Å². The van der Waals surface area contributed by atoms with Crippen molar-refractivity contribution in [2.75, 3.05) is 18.9 Å². The van der Waals surface area contributed by atoms with Crippen molar-refractivity contribution in [2.24, 2.45) is 5.41 Å². The number of nitrogens with two attached hydrogens (primary N) is 1. The van der Waals surface area contributed by atoms with Crippen LogP contribution in [0.15, 0.2) is 28.2 Å². The minimum absolute atomic E-state index is 0.139. The third kappa shape index (κ3) is 2.06. The Balaban J connectivity index is 2.47. The topological polar surface area (TPSA) is 101 Å². The van der Waals surface area contributed by atoms with Crippen LogP contribution in [0.5, 0.6) is 0 Å². The number of allylic oxidation sites excluding steroid dienone is 1. The van der Waals surface area contributed by atoms with Gasteiger partial charge in [-0.15, -0.1) is 0 Å². The molecule has 104 valence electrons. The summed E-state index contributed by atoms with van der Waals surface area (Å²) in [6, 6.07) is 1.38. The number of hydrogen-bond acceptors (Lipinski definition) is 5. The Morgan fingerprint density at radius 3 is 2.58 bits per heavy atom. The molecule has 1 aromatic heterocycles. The van der Waals surface area contributed by atoms with Gasteiger partial charge in [0.1, 0.15) is 5.82 Å². The van der Waals surface area contributed by atoms with Gasteiger partial charge >= 0.3 is 5.69 Å². The molecule has 2 rings (SSSR count). The van der Waals surface area contributed by atoms with Gasteiger partial charge in [0.25, 0.3) is 0 Å². The van der Waals surface area contributed by atoms with E-state index in [1.165, 1.54) is 4.57 Å². The van der Waals surface area contributed by atoms with Gasteiger partial charge in [-0.3, -0.25) is 4.57 Å². The molecule has 6 nitrogen and oxygen atoms in total. The third-order valence-corrected chi connectivity index (χ3v) is 4.26. The molecule has 1 aliphatic carbocycles. The zero-order chi connectivity index (χ0) is 14.2.